The van der Waals surface area contributed by atoms with Gasteiger partial charge in [0.05, 0.1) is 6.04 Å². The molecule has 0 aliphatic heterocycles. The molecule has 1 unspecified atom stereocenters. The number of nitrogens with two attached hydrogens (primary N) is 1. The first-order chi connectivity index (χ1) is 9.70. The number of furan rings is 1. The summed E-state index contributed by atoms with van der Waals surface area (Å²) in [5, 5.41) is 0.790. The molecular formula is C17H24FNO. The Morgan fingerprint density at radius 2 is 1.85 bits per heavy atom. The molecule has 20 heavy (non-hydrogen) atoms. The van der Waals surface area contributed by atoms with Gasteiger partial charge in [-0.3, -0.25) is 0 Å². The second kappa shape index (κ2) is 7.44. The Balaban J connectivity index is 1.83. The quantitative estimate of drug-likeness (QED) is 0.663. The average Bonchev–Trinajstić information content (AvgIpc) is 2.85. The van der Waals surface area contributed by atoms with Crippen molar-refractivity contribution in [1.29, 1.82) is 0 Å². The van der Waals surface area contributed by atoms with E-state index >= 15 is 0 Å². The minimum absolute atomic E-state index is 0.0864. The zero-order valence-corrected chi connectivity index (χ0v) is 12.2. The first kappa shape index (κ1) is 15.0. The predicted molar refractivity (Wildman–Crippen MR) is 81.1 cm³/mol. The van der Waals surface area contributed by atoms with Gasteiger partial charge in [-0.15, -0.1) is 0 Å². The molecule has 1 heterocycles. The molecule has 1 aromatic carbocycles. The summed E-state index contributed by atoms with van der Waals surface area (Å²) in [6.45, 7) is 2.22. The standard InChI is InChI=1S/C17H24FNO/c1-2-3-4-5-6-7-8-15(19)17-12-13-11-14(18)9-10-16(13)20-17/h9-12,15H,2-8,19H2,1H3. The van der Waals surface area contributed by atoms with E-state index in [1.807, 2.05) is 6.07 Å². The molecule has 0 aliphatic rings. The highest BCUT2D eigenvalue weighted by Gasteiger charge is 2.12. The Bertz CT molecular complexity index is 535. The number of hydrogen-bond donors (Lipinski definition) is 1. The van der Waals surface area contributed by atoms with Gasteiger partial charge < -0.3 is 10.2 Å². The number of rotatable bonds is 8. The van der Waals surface area contributed by atoms with Crippen LogP contribution in [0.2, 0.25) is 0 Å². The summed E-state index contributed by atoms with van der Waals surface area (Å²) in [4.78, 5) is 0. The summed E-state index contributed by atoms with van der Waals surface area (Å²) in [5.41, 5.74) is 6.86. The summed E-state index contributed by atoms with van der Waals surface area (Å²) in [6.07, 6.45) is 8.46. The van der Waals surface area contributed by atoms with Gasteiger partial charge in [0.15, 0.2) is 0 Å². The van der Waals surface area contributed by atoms with E-state index in [1.54, 1.807) is 6.07 Å². The minimum Gasteiger partial charge on any atom is -0.459 e. The van der Waals surface area contributed by atoms with Crippen molar-refractivity contribution >= 4 is 11.0 Å². The number of halogens is 1. The van der Waals surface area contributed by atoms with Crippen LogP contribution in [0.15, 0.2) is 28.7 Å². The second-order valence-electron chi connectivity index (χ2n) is 5.49. The smallest absolute Gasteiger partial charge is 0.134 e. The maximum atomic E-state index is 13.1. The summed E-state index contributed by atoms with van der Waals surface area (Å²) < 4.78 is 18.8. The van der Waals surface area contributed by atoms with E-state index in [9.17, 15) is 4.39 Å². The lowest BCUT2D eigenvalue weighted by Gasteiger charge is -2.08. The number of unbranched alkanes of at least 4 members (excludes halogenated alkanes) is 5. The molecule has 110 valence electrons. The first-order valence-corrected chi connectivity index (χ1v) is 7.65. The van der Waals surface area contributed by atoms with Crippen LogP contribution in [0.3, 0.4) is 0 Å². The molecule has 0 fully saturated rings. The van der Waals surface area contributed by atoms with Crippen LogP contribution in [0.4, 0.5) is 4.39 Å². The molecule has 0 spiro atoms. The molecule has 0 saturated carbocycles. The SMILES string of the molecule is CCCCCCCCC(N)c1cc2cc(F)ccc2o1. The molecule has 2 nitrogen and oxygen atoms in total. The van der Waals surface area contributed by atoms with Crippen molar-refractivity contribution in [2.45, 2.75) is 57.9 Å². The third-order valence-electron chi connectivity index (χ3n) is 3.73. The molecule has 0 saturated heterocycles. The highest BCUT2D eigenvalue weighted by molar-refractivity contribution is 5.77. The maximum Gasteiger partial charge on any atom is 0.134 e. The molecule has 2 rings (SSSR count). The molecule has 0 amide bonds. The number of hydrogen-bond acceptors (Lipinski definition) is 2. The Hall–Kier alpha value is -1.35. The Labute approximate surface area is 120 Å². The lowest BCUT2D eigenvalue weighted by molar-refractivity contribution is 0.459. The fourth-order valence-corrected chi connectivity index (χ4v) is 2.50. The van der Waals surface area contributed by atoms with Crippen LogP contribution in [0.25, 0.3) is 11.0 Å². The van der Waals surface area contributed by atoms with E-state index in [2.05, 4.69) is 6.92 Å². The van der Waals surface area contributed by atoms with Gasteiger partial charge in [-0.05, 0) is 30.7 Å². The molecule has 0 aliphatic carbocycles. The lowest BCUT2D eigenvalue weighted by Crippen LogP contribution is -2.08. The zero-order valence-electron chi connectivity index (χ0n) is 12.2. The van der Waals surface area contributed by atoms with E-state index in [-0.39, 0.29) is 11.9 Å². The Morgan fingerprint density at radius 3 is 2.65 bits per heavy atom. The summed E-state index contributed by atoms with van der Waals surface area (Å²) in [6, 6.07) is 6.33. The normalized spacial score (nSPS) is 12.9. The van der Waals surface area contributed by atoms with Crippen molar-refractivity contribution < 1.29 is 8.81 Å². The highest BCUT2D eigenvalue weighted by atomic mass is 19.1. The third-order valence-corrected chi connectivity index (χ3v) is 3.73. The molecule has 1 aromatic heterocycles. The third kappa shape index (κ3) is 4.07. The summed E-state index contributed by atoms with van der Waals surface area (Å²) in [7, 11) is 0. The van der Waals surface area contributed by atoms with Crippen molar-refractivity contribution in [3.8, 4) is 0 Å². The van der Waals surface area contributed by atoms with Crippen molar-refractivity contribution in [2.75, 3.05) is 0 Å². The monoisotopic (exact) mass is 277 g/mol. The van der Waals surface area contributed by atoms with Gasteiger partial charge in [-0.25, -0.2) is 4.39 Å². The van der Waals surface area contributed by atoms with Gasteiger partial charge in [-0.2, -0.15) is 0 Å². The van der Waals surface area contributed by atoms with E-state index in [0.717, 1.165) is 24.0 Å². The van der Waals surface area contributed by atoms with Crippen molar-refractivity contribution in [3.63, 3.8) is 0 Å². The second-order valence-corrected chi connectivity index (χ2v) is 5.49. The Morgan fingerprint density at radius 1 is 1.10 bits per heavy atom. The van der Waals surface area contributed by atoms with Crippen molar-refractivity contribution in [1.82, 2.24) is 0 Å². The first-order valence-electron chi connectivity index (χ1n) is 7.65. The number of fused-ring (bicyclic) bond motifs is 1. The highest BCUT2D eigenvalue weighted by Crippen LogP contribution is 2.26. The van der Waals surface area contributed by atoms with Crippen LogP contribution in [-0.4, -0.2) is 0 Å². The van der Waals surface area contributed by atoms with Crippen LogP contribution in [0.1, 0.15) is 63.7 Å². The molecule has 0 radical (unpaired) electrons. The van der Waals surface area contributed by atoms with Gasteiger partial charge in [-0.1, -0.05) is 45.4 Å². The largest absolute Gasteiger partial charge is 0.459 e. The van der Waals surface area contributed by atoms with Gasteiger partial charge in [0.25, 0.3) is 0 Å². The van der Waals surface area contributed by atoms with E-state index in [1.165, 1.54) is 44.2 Å². The maximum absolute atomic E-state index is 13.1. The predicted octanol–water partition coefficient (Wildman–Crippen LogP) is 5.32. The van der Waals surface area contributed by atoms with Crippen LogP contribution in [-0.2, 0) is 0 Å². The lowest BCUT2D eigenvalue weighted by atomic mass is 10.0. The summed E-state index contributed by atoms with van der Waals surface area (Å²) in [5.74, 6) is 0.522. The van der Waals surface area contributed by atoms with Crippen LogP contribution >= 0.6 is 0 Å². The topological polar surface area (TPSA) is 39.2 Å². The summed E-state index contributed by atoms with van der Waals surface area (Å²) >= 11 is 0. The van der Waals surface area contributed by atoms with Gasteiger partial charge in [0.2, 0.25) is 0 Å². The van der Waals surface area contributed by atoms with Gasteiger partial charge >= 0.3 is 0 Å². The fraction of sp³-hybridized carbons (Fsp3) is 0.529. The number of benzene rings is 1. The van der Waals surface area contributed by atoms with Crippen molar-refractivity contribution in [2.24, 2.45) is 5.73 Å². The average molecular weight is 277 g/mol. The fourth-order valence-electron chi connectivity index (χ4n) is 2.50. The van der Waals surface area contributed by atoms with Gasteiger partial charge in [0, 0.05) is 5.39 Å². The van der Waals surface area contributed by atoms with E-state index < -0.39 is 0 Å². The molecule has 0 bridgehead atoms. The van der Waals surface area contributed by atoms with Gasteiger partial charge in [0.1, 0.15) is 17.2 Å². The molecular weight excluding hydrogens is 253 g/mol. The van der Waals surface area contributed by atoms with Crippen LogP contribution in [0, 0.1) is 5.82 Å². The minimum atomic E-state index is -0.241. The van der Waals surface area contributed by atoms with Crippen molar-refractivity contribution in [3.05, 3.63) is 35.8 Å². The molecule has 3 heteroatoms. The molecule has 2 N–H and O–H groups in total. The zero-order chi connectivity index (χ0) is 14.4. The van der Waals surface area contributed by atoms with Crippen LogP contribution in [0.5, 0.6) is 0 Å². The van der Waals surface area contributed by atoms with E-state index in [0.29, 0.717) is 5.58 Å². The molecule has 1 atom stereocenters. The Kier molecular flexibility index (Phi) is 5.60. The van der Waals surface area contributed by atoms with E-state index in [4.69, 9.17) is 10.2 Å². The molecule has 2 aromatic rings. The van der Waals surface area contributed by atoms with Crippen LogP contribution < -0.4 is 5.73 Å².